The number of rotatable bonds is 8. The first-order chi connectivity index (χ1) is 10.2. The van der Waals surface area contributed by atoms with Gasteiger partial charge in [-0.15, -0.1) is 0 Å². The van der Waals surface area contributed by atoms with E-state index in [1.165, 1.54) is 0 Å². The summed E-state index contributed by atoms with van der Waals surface area (Å²) in [6, 6.07) is 9.45. The van der Waals surface area contributed by atoms with E-state index in [1.54, 1.807) is 6.92 Å². The Kier molecular flexibility index (Phi) is 8.08. The highest BCUT2D eigenvalue weighted by atomic mass is 16.2. The molecule has 1 aromatic carbocycles. The number of imide groups is 1. The number of nitrogens with one attached hydrogen (secondary N) is 2. The predicted molar refractivity (Wildman–Crippen MR) is 82.6 cm³/mol. The minimum absolute atomic E-state index is 0.173. The first kappa shape index (κ1) is 17.1. The molecule has 0 atom stereocenters. The molecule has 0 radical (unpaired) electrons. The zero-order chi connectivity index (χ0) is 15.5. The normalized spacial score (nSPS) is 10.4. The average molecular weight is 292 g/mol. The maximum absolute atomic E-state index is 11.8. The van der Waals surface area contributed by atoms with Crippen molar-refractivity contribution in [1.82, 2.24) is 15.5 Å². The Morgan fingerprint density at radius 2 is 1.95 bits per heavy atom. The molecule has 6 nitrogen and oxygen atoms in total. The van der Waals surface area contributed by atoms with Crippen LogP contribution >= 0.6 is 0 Å². The van der Waals surface area contributed by atoms with Gasteiger partial charge in [0, 0.05) is 19.6 Å². The quantitative estimate of drug-likeness (QED) is 0.657. The van der Waals surface area contributed by atoms with E-state index in [-0.39, 0.29) is 12.5 Å². The van der Waals surface area contributed by atoms with Crippen molar-refractivity contribution < 1.29 is 9.59 Å². The van der Waals surface area contributed by atoms with Crippen LogP contribution in [-0.4, -0.2) is 43.0 Å². The minimum atomic E-state index is -0.457. The Bertz CT molecular complexity index is 437. The van der Waals surface area contributed by atoms with Crippen molar-refractivity contribution in [2.24, 2.45) is 5.73 Å². The van der Waals surface area contributed by atoms with Crippen molar-refractivity contribution in [3.63, 3.8) is 0 Å². The Morgan fingerprint density at radius 1 is 1.24 bits per heavy atom. The van der Waals surface area contributed by atoms with Crippen LogP contribution in [0.5, 0.6) is 0 Å². The van der Waals surface area contributed by atoms with Crippen LogP contribution < -0.4 is 16.4 Å². The first-order valence-electron chi connectivity index (χ1n) is 7.19. The molecule has 116 valence electrons. The monoisotopic (exact) mass is 292 g/mol. The average Bonchev–Trinajstić information content (AvgIpc) is 2.46. The Labute approximate surface area is 125 Å². The van der Waals surface area contributed by atoms with E-state index >= 15 is 0 Å². The summed E-state index contributed by atoms with van der Waals surface area (Å²) in [4.78, 5) is 25.2. The second-order valence-corrected chi connectivity index (χ2v) is 4.75. The number of hydrogen-bond donors (Lipinski definition) is 3. The van der Waals surface area contributed by atoms with Crippen LogP contribution in [-0.2, 0) is 11.3 Å². The van der Waals surface area contributed by atoms with Gasteiger partial charge in [-0.3, -0.25) is 15.0 Å². The van der Waals surface area contributed by atoms with Gasteiger partial charge in [-0.05, 0) is 25.5 Å². The minimum Gasteiger partial charge on any atom is -0.338 e. The van der Waals surface area contributed by atoms with E-state index in [0.29, 0.717) is 26.2 Å². The van der Waals surface area contributed by atoms with Gasteiger partial charge in [-0.25, -0.2) is 4.79 Å². The fourth-order valence-corrected chi connectivity index (χ4v) is 1.94. The number of carbonyl (C=O) groups excluding carboxylic acids is 2. The van der Waals surface area contributed by atoms with Gasteiger partial charge in [0.1, 0.15) is 0 Å². The van der Waals surface area contributed by atoms with Gasteiger partial charge < -0.3 is 11.1 Å². The summed E-state index contributed by atoms with van der Waals surface area (Å²) in [7, 11) is 0. The maximum atomic E-state index is 11.8. The Morgan fingerprint density at radius 3 is 2.57 bits per heavy atom. The molecular weight excluding hydrogens is 268 g/mol. The zero-order valence-corrected chi connectivity index (χ0v) is 12.5. The molecule has 0 aliphatic heterocycles. The number of nitrogens with zero attached hydrogens (tertiary/aromatic N) is 1. The van der Waals surface area contributed by atoms with Crippen LogP contribution in [0.4, 0.5) is 4.79 Å². The molecular formula is C15H24N4O2. The molecule has 0 heterocycles. The standard InChI is InChI=1S/C15H24N4O2/c1-2-17-15(21)18-14(20)12-19(10-6-9-16)11-13-7-4-3-5-8-13/h3-5,7-8H,2,6,9-12,16H2,1H3,(H2,17,18,20,21). The van der Waals surface area contributed by atoms with E-state index in [1.807, 2.05) is 35.2 Å². The van der Waals surface area contributed by atoms with Gasteiger partial charge >= 0.3 is 6.03 Å². The van der Waals surface area contributed by atoms with E-state index in [0.717, 1.165) is 12.0 Å². The van der Waals surface area contributed by atoms with Crippen molar-refractivity contribution in [2.75, 3.05) is 26.2 Å². The molecule has 0 aliphatic rings. The number of urea groups is 1. The number of nitrogens with two attached hydrogens (primary N) is 1. The number of hydrogen-bond acceptors (Lipinski definition) is 4. The summed E-state index contributed by atoms with van der Waals surface area (Å²) in [5.41, 5.74) is 6.66. The molecule has 0 unspecified atom stereocenters. The summed E-state index contributed by atoms with van der Waals surface area (Å²) in [6.45, 7) is 4.40. The van der Waals surface area contributed by atoms with E-state index in [9.17, 15) is 9.59 Å². The molecule has 0 fully saturated rings. The van der Waals surface area contributed by atoms with Gasteiger partial charge in [0.25, 0.3) is 0 Å². The molecule has 6 heteroatoms. The molecule has 0 spiro atoms. The second-order valence-electron chi connectivity index (χ2n) is 4.75. The molecule has 4 N–H and O–H groups in total. The van der Waals surface area contributed by atoms with Gasteiger partial charge in [-0.1, -0.05) is 30.3 Å². The first-order valence-corrected chi connectivity index (χ1v) is 7.19. The fraction of sp³-hybridized carbons (Fsp3) is 0.467. The molecule has 0 bridgehead atoms. The summed E-state index contributed by atoms with van der Waals surface area (Å²) in [5.74, 6) is -0.311. The lowest BCUT2D eigenvalue weighted by Crippen LogP contribution is -2.44. The molecule has 0 saturated heterocycles. The summed E-state index contributed by atoms with van der Waals surface area (Å²) in [6.07, 6.45) is 0.807. The third-order valence-corrected chi connectivity index (χ3v) is 2.88. The fourth-order valence-electron chi connectivity index (χ4n) is 1.94. The smallest absolute Gasteiger partial charge is 0.321 e. The summed E-state index contributed by atoms with van der Waals surface area (Å²) >= 11 is 0. The molecule has 0 aliphatic carbocycles. The van der Waals surface area contributed by atoms with Crippen LogP contribution in [0.15, 0.2) is 30.3 Å². The third-order valence-electron chi connectivity index (χ3n) is 2.88. The Hall–Kier alpha value is -1.92. The van der Waals surface area contributed by atoms with Crippen molar-refractivity contribution >= 4 is 11.9 Å². The van der Waals surface area contributed by atoms with Crippen LogP contribution in [0.1, 0.15) is 18.9 Å². The molecule has 3 amide bonds. The van der Waals surface area contributed by atoms with Gasteiger partial charge in [-0.2, -0.15) is 0 Å². The molecule has 21 heavy (non-hydrogen) atoms. The van der Waals surface area contributed by atoms with Gasteiger partial charge in [0.05, 0.1) is 6.54 Å². The predicted octanol–water partition coefficient (Wildman–Crippen LogP) is 0.683. The lowest BCUT2D eigenvalue weighted by molar-refractivity contribution is -0.121. The summed E-state index contributed by atoms with van der Waals surface area (Å²) < 4.78 is 0. The number of carbonyl (C=O) groups is 2. The Balaban J connectivity index is 2.52. The van der Waals surface area contributed by atoms with Crippen molar-refractivity contribution in [3.05, 3.63) is 35.9 Å². The zero-order valence-electron chi connectivity index (χ0n) is 12.5. The largest absolute Gasteiger partial charge is 0.338 e. The maximum Gasteiger partial charge on any atom is 0.321 e. The highest BCUT2D eigenvalue weighted by Gasteiger charge is 2.13. The van der Waals surface area contributed by atoms with Crippen LogP contribution in [0.25, 0.3) is 0 Å². The second kappa shape index (κ2) is 9.90. The topological polar surface area (TPSA) is 87.5 Å². The van der Waals surface area contributed by atoms with Gasteiger partial charge in [0.2, 0.25) is 5.91 Å². The van der Waals surface area contributed by atoms with Crippen LogP contribution in [0.2, 0.25) is 0 Å². The van der Waals surface area contributed by atoms with Gasteiger partial charge in [0.15, 0.2) is 0 Å². The van der Waals surface area contributed by atoms with Crippen molar-refractivity contribution in [3.8, 4) is 0 Å². The number of amides is 3. The molecule has 0 aromatic heterocycles. The number of benzene rings is 1. The highest BCUT2D eigenvalue weighted by Crippen LogP contribution is 2.04. The molecule has 1 aromatic rings. The summed E-state index contributed by atoms with van der Waals surface area (Å²) in [5, 5.41) is 4.84. The third kappa shape index (κ3) is 7.43. The van der Waals surface area contributed by atoms with E-state index in [2.05, 4.69) is 10.6 Å². The highest BCUT2D eigenvalue weighted by molar-refractivity contribution is 5.95. The SMILES string of the molecule is CCNC(=O)NC(=O)CN(CCCN)Cc1ccccc1. The van der Waals surface area contributed by atoms with Crippen LogP contribution in [0, 0.1) is 0 Å². The lowest BCUT2D eigenvalue weighted by atomic mass is 10.2. The molecule has 1 rings (SSSR count). The van der Waals surface area contributed by atoms with Crippen molar-refractivity contribution in [1.29, 1.82) is 0 Å². The van der Waals surface area contributed by atoms with E-state index < -0.39 is 6.03 Å². The van der Waals surface area contributed by atoms with Crippen molar-refractivity contribution in [2.45, 2.75) is 19.9 Å². The lowest BCUT2D eigenvalue weighted by Gasteiger charge is -2.21. The van der Waals surface area contributed by atoms with Crippen LogP contribution in [0.3, 0.4) is 0 Å². The molecule has 0 saturated carbocycles. The van der Waals surface area contributed by atoms with E-state index in [4.69, 9.17) is 5.73 Å².